The number of hydrogen-bond donors (Lipinski definition) is 6. The van der Waals surface area contributed by atoms with Crippen LogP contribution in [0, 0.1) is 13.8 Å². The molecule has 8 bridgehead atoms. The van der Waals surface area contributed by atoms with Crippen molar-refractivity contribution >= 4 is 74.8 Å². The van der Waals surface area contributed by atoms with Gasteiger partial charge in [-0.1, -0.05) is 18.5 Å². The summed E-state index contributed by atoms with van der Waals surface area (Å²) in [7, 11) is 7.39. The van der Waals surface area contributed by atoms with E-state index in [1.165, 1.54) is 14.2 Å². The van der Waals surface area contributed by atoms with Crippen molar-refractivity contribution in [3.8, 4) is 0 Å². The minimum Gasteiger partial charge on any atom is -0.469 e. The lowest BCUT2D eigenvalue weighted by atomic mass is 9.74. The molecule has 0 amide bonds. The number of methoxy groups -OCH3 is 2. The Balaban J connectivity index is 1.65. The van der Waals surface area contributed by atoms with Crippen molar-refractivity contribution in [2.75, 3.05) is 14.2 Å². The van der Waals surface area contributed by atoms with Crippen molar-refractivity contribution in [2.45, 2.75) is 114 Å². The molecule has 7 heterocycles. The van der Waals surface area contributed by atoms with Crippen LogP contribution in [0.2, 0.25) is 0 Å². The normalized spacial score (nSPS) is 29.9. The number of esters is 2. The van der Waals surface area contributed by atoms with E-state index < -0.39 is 33.1 Å². The maximum atomic E-state index is 12.5. The standard InChI is InChI=1S/C42H54N10O6P2/c1-19-23(11-13-33(53)57-9)29-18-30-24(12-14-34(54)58-10)20(2)26(46-30)16-31-36(38(6)40(8,44)42(56,60)52-50-38)22(4)28(48-31)17-32-35(21(3)27(47-32)15-25(19)45-29)37(5)39(7,43)41(55,59)51-49-37/h15-18,47-48,55-56H,11-14,43-44,59-60H2,1-10H3/t37-,38-,39+,40+,41-,42-/m1/s1. The summed E-state index contributed by atoms with van der Waals surface area (Å²) >= 11 is 0. The summed E-state index contributed by atoms with van der Waals surface area (Å²) in [6.07, 6.45) is 0.953. The Morgan fingerprint density at radius 2 is 0.983 bits per heavy atom. The van der Waals surface area contributed by atoms with Crippen LogP contribution in [-0.4, -0.2) is 78.3 Å². The molecule has 0 spiro atoms. The fraction of sp³-hybridized carbons (Fsp3) is 0.476. The van der Waals surface area contributed by atoms with E-state index in [4.69, 9.17) is 30.9 Å². The number of aromatic amines is 2. The Bertz CT molecular complexity index is 2670. The Kier molecular flexibility index (Phi) is 10.5. The number of fused-ring (bicyclic) bond motifs is 8. The number of aryl methyl sites for hydroxylation is 2. The highest BCUT2D eigenvalue weighted by molar-refractivity contribution is 7.19. The van der Waals surface area contributed by atoms with Gasteiger partial charge in [0.1, 0.15) is 11.1 Å². The van der Waals surface area contributed by atoms with E-state index in [1.807, 2.05) is 65.8 Å². The molecular weight excluding hydrogens is 802 g/mol. The molecule has 7 rings (SSSR count). The van der Waals surface area contributed by atoms with Crippen molar-refractivity contribution in [2.24, 2.45) is 31.9 Å². The van der Waals surface area contributed by atoms with E-state index in [9.17, 15) is 19.8 Å². The molecule has 0 saturated heterocycles. The van der Waals surface area contributed by atoms with Gasteiger partial charge in [-0.15, -0.1) is 0 Å². The van der Waals surface area contributed by atoms with Crippen LogP contribution in [0.4, 0.5) is 0 Å². The number of hydrogen-bond acceptors (Lipinski definition) is 14. The first-order valence-corrected chi connectivity index (χ1v) is 20.8. The summed E-state index contributed by atoms with van der Waals surface area (Å²) < 4.78 is 10.0. The topological polar surface area (TPSA) is 252 Å². The van der Waals surface area contributed by atoms with Crippen LogP contribution < -0.4 is 11.5 Å². The van der Waals surface area contributed by atoms with Gasteiger partial charge >= 0.3 is 11.9 Å². The Hall–Kier alpha value is -4.56. The zero-order chi connectivity index (χ0) is 44.1. The van der Waals surface area contributed by atoms with Crippen LogP contribution >= 0.6 is 18.5 Å². The van der Waals surface area contributed by atoms with Crippen LogP contribution in [0.15, 0.2) is 44.7 Å². The largest absolute Gasteiger partial charge is 0.469 e. The highest BCUT2D eigenvalue weighted by atomic mass is 31.0. The van der Waals surface area contributed by atoms with Gasteiger partial charge in [-0.05, 0) is 126 Å². The molecule has 8 N–H and O–H groups in total. The third-order valence-electron chi connectivity index (χ3n) is 13.5. The first-order chi connectivity index (χ1) is 27.9. The number of azo groups is 2. The third-order valence-corrected chi connectivity index (χ3v) is 14.9. The number of aromatic nitrogens is 4. The molecule has 16 nitrogen and oxygen atoms in total. The van der Waals surface area contributed by atoms with Gasteiger partial charge in [-0.3, -0.25) is 9.59 Å². The number of nitrogens with one attached hydrogen (secondary N) is 2. The lowest BCUT2D eigenvalue weighted by molar-refractivity contribution is -0.141. The highest BCUT2D eigenvalue weighted by Gasteiger charge is 2.62. The SMILES string of the molecule is COC(=O)CCC1=C(C)c2cc3[nH]c(cc4[nH]c(cc5nc(cc1n2)C(CCC(=O)OC)=C5C)c([C@@]1(C)N=N[C@](O)(P)[C@@]1(C)N)c4C)c([C@@]1(C)N=N[C@](O)(P)[C@@]1(C)N)c3C. The second-order valence-electron chi connectivity index (χ2n) is 17.0. The van der Waals surface area contributed by atoms with Gasteiger partial charge in [-0.25, -0.2) is 9.97 Å². The monoisotopic (exact) mass is 856 g/mol. The molecule has 0 saturated carbocycles. The second kappa shape index (κ2) is 14.5. The number of carbonyl (C=O) groups excluding carboxylic acids is 2. The van der Waals surface area contributed by atoms with Crippen molar-refractivity contribution in [1.29, 1.82) is 0 Å². The van der Waals surface area contributed by atoms with Gasteiger partial charge in [0.2, 0.25) is 10.9 Å². The summed E-state index contributed by atoms with van der Waals surface area (Å²) in [4.78, 5) is 42.5. The number of rotatable bonds is 8. The number of H-pyrrole nitrogens is 2. The van der Waals surface area contributed by atoms with Crippen molar-refractivity contribution in [1.82, 2.24) is 19.9 Å². The summed E-state index contributed by atoms with van der Waals surface area (Å²) in [6, 6.07) is 7.73. The molecule has 3 aromatic heterocycles. The zero-order valence-electron chi connectivity index (χ0n) is 35.7. The smallest absolute Gasteiger partial charge is 0.305 e. The molecule has 0 aromatic carbocycles. The zero-order valence-corrected chi connectivity index (χ0v) is 38.0. The van der Waals surface area contributed by atoms with Crippen molar-refractivity contribution in [3.63, 3.8) is 0 Å². The first kappa shape index (κ1) is 43.5. The molecular formula is C42H54N10O6P2. The molecule has 2 unspecified atom stereocenters. The molecule has 18 heteroatoms. The Morgan fingerprint density at radius 1 is 0.617 bits per heavy atom. The maximum Gasteiger partial charge on any atom is 0.305 e. The average Bonchev–Trinajstić information content (AvgIpc) is 3.92. The molecule has 3 aromatic rings. The minimum atomic E-state index is -1.77. The number of nitrogens with zero attached hydrogens (tertiary/aromatic N) is 6. The summed E-state index contributed by atoms with van der Waals surface area (Å²) in [5.74, 6) is -0.714. The number of carbonyl (C=O) groups is 2. The maximum absolute atomic E-state index is 12.5. The molecule has 4 aliphatic heterocycles. The lowest BCUT2D eigenvalue weighted by Gasteiger charge is -2.40. The van der Waals surface area contributed by atoms with Crippen LogP contribution in [-0.2, 0) is 30.1 Å². The molecule has 0 fully saturated rings. The summed E-state index contributed by atoms with van der Waals surface area (Å²) in [6.45, 7) is 15.0. The van der Waals surface area contributed by atoms with E-state index in [0.717, 1.165) is 33.4 Å². The second-order valence-corrected chi connectivity index (χ2v) is 18.6. The fourth-order valence-corrected chi connectivity index (χ4v) is 9.43. The first-order valence-electron chi connectivity index (χ1n) is 19.6. The molecule has 8 atom stereocenters. The third kappa shape index (κ3) is 6.41. The molecule has 4 aliphatic rings. The van der Waals surface area contributed by atoms with Crippen LogP contribution in [0.25, 0.3) is 44.4 Å². The van der Waals surface area contributed by atoms with E-state index in [1.54, 1.807) is 13.8 Å². The van der Waals surface area contributed by atoms with Crippen LogP contribution in [0.1, 0.15) is 112 Å². The van der Waals surface area contributed by atoms with Crippen LogP contribution in [0.5, 0.6) is 0 Å². The van der Waals surface area contributed by atoms with Gasteiger partial charge in [-0.2, -0.15) is 20.5 Å². The summed E-state index contributed by atoms with van der Waals surface area (Å²) in [5.41, 5.74) is 16.7. The minimum absolute atomic E-state index is 0.124. The van der Waals surface area contributed by atoms with E-state index >= 15 is 0 Å². The van der Waals surface area contributed by atoms with Crippen molar-refractivity contribution in [3.05, 3.63) is 69.3 Å². The predicted octanol–water partition coefficient (Wildman–Crippen LogP) is 6.54. The molecule has 318 valence electrons. The number of allylic oxidation sites excluding steroid dienone is 4. The number of ether oxygens (including phenoxy) is 2. The van der Waals surface area contributed by atoms with Gasteiger partial charge in [0, 0.05) is 46.0 Å². The fourth-order valence-electron chi connectivity index (χ4n) is 8.75. The number of nitrogens with two attached hydrogens (primary N) is 2. The average molecular weight is 857 g/mol. The van der Waals surface area contributed by atoms with Crippen LogP contribution in [0.3, 0.4) is 0 Å². The van der Waals surface area contributed by atoms with Crippen molar-refractivity contribution < 1.29 is 29.3 Å². The Labute approximate surface area is 352 Å². The molecule has 60 heavy (non-hydrogen) atoms. The molecule has 0 aliphatic carbocycles. The highest BCUT2D eigenvalue weighted by Crippen LogP contribution is 2.55. The lowest BCUT2D eigenvalue weighted by Crippen LogP contribution is -2.61. The van der Waals surface area contributed by atoms with Gasteiger partial charge < -0.3 is 41.1 Å². The molecule has 0 radical (unpaired) electrons. The Morgan fingerprint density at radius 3 is 1.35 bits per heavy atom. The van der Waals surface area contributed by atoms with E-state index in [2.05, 4.69) is 48.9 Å². The van der Waals surface area contributed by atoms with Gasteiger partial charge in [0.25, 0.3) is 0 Å². The van der Waals surface area contributed by atoms with E-state index in [0.29, 0.717) is 68.8 Å². The number of aliphatic hydroxyl groups is 2. The van der Waals surface area contributed by atoms with Gasteiger partial charge in [0.15, 0.2) is 0 Å². The van der Waals surface area contributed by atoms with E-state index in [-0.39, 0.29) is 24.8 Å². The predicted molar refractivity (Wildman–Crippen MR) is 237 cm³/mol. The van der Waals surface area contributed by atoms with Gasteiger partial charge in [0.05, 0.1) is 48.1 Å². The summed E-state index contributed by atoms with van der Waals surface area (Å²) in [5, 5.41) is 40.6. The quantitative estimate of drug-likeness (QED) is 0.105.